The third-order valence-corrected chi connectivity index (χ3v) is 4.48. The van der Waals surface area contributed by atoms with Crippen LogP contribution in [0.25, 0.3) is 0 Å². The Bertz CT molecular complexity index is 584. The minimum atomic E-state index is -0.401. The van der Waals surface area contributed by atoms with Gasteiger partial charge >= 0.3 is 5.97 Å². The molecule has 0 radical (unpaired) electrons. The number of imide groups is 1. The van der Waals surface area contributed by atoms with Crippen LogP contribution < -0.4 is 4.90 Å². The van der Waals surface area contributed by atoms with Crippen molar-refractivity contribution < 1.29 is 19.1 Å². The van der Waals surface area contributed by atoms with Crippen molar-refractivity contribution in [1.82, 2.24) is 0 Å². The average molecular weight is 301 g/mol. The summed E-state index contributed by atoms with van der Waals surface area (Å²) in [5, 5.41) is 0. The van der Waals surface area contributed by atoms with Crippen molar-refractivity contribution in [3.8, 4) is 0 Å². The molecule has 1 aromatic rings. The van der Waals surface area contributed by atoms with Crippen LogP contribution in [0.3, 0.4) is 0 Å². The molecule has 22 heavy (non-hydrogen) atoms. The van der Waals surface area contributed by atoms with Crippen LogP contribution in [0.1, 0.15) is 43.0 Å². The molecule has 0 bridgehead atoms. The molecule has 3 rings (SSSR count). The lowest BCUT2D eigenvalue weighted by atomic mass is 9.81. The zero-order valence-electron chi connectivity index (χ0n) is 12.6. The van der Waals surface area contributed by atoms with E-state index in [1.807, 2.05) is 0 Å². The van der Waals surface area contributed by atoms with Gasteiger partial charge in [0.1, 0.15) is 0 Å². The molecule has 1 aromatic carbocycles. The Morgan fingerprint density at radius 3 is 2.14 bits per heavy atom. The minimum Gasteiger partial charge on any atom is -0.462 e. The van der Waals surface area contributed by atoms with Gasteiger partial charge in [0.05, 0.1) is 29.7 Å². The van der Waals surface area contributed by atoms with Crippen molar-refractivity contribution in [2.24, 2.45) is 11.8 Å². The van der Waals surface area contributed by atoms with E-state index in [9.17, 15) is 14.4 Å². The van der Waals surface area contributed by atoms with Crippen LogP contribution in [-0.4, -0.2) is 24.4 Å². The number of ether oxygens (including phenoxy) is 1. The van der Waals surface area contributed by atoms with Gasteiger partial charge in [-0.25, -0.2) is 4.79 Å². The summed E-state index contributed by atoms with van der Waals surface area (Å²) in [5.41, 5.74) is 0.958. The molecule has 1 aliphatic carbocycles. The van der Waals surface area contributed by atoms with Gasteiger partial charge in [-0.3, -0.25) is 14.5 Å². The molecule has 0 unspecified atom stereocenters. The SMILES string of the molecule is CCOC(=O)c1ccc(N2C(=O)[C@H]3CCCC[C@@H]3C2=O)cc1. The Hall–Kier alpha value is -2.17. The molecule has 2 amide bonds. The lowest BCUT2D eigenvalue weighted by Crippen LogP contribution is -2.30. The fourth-order valence-corrected chi connectivity index (χ4v) is 3.38. The first-order valence-electron chi connectivity index (χ1n) is 7.78. The summed E-state index contributed by atoms with van der Waals surface area (Å²) in [4.78, 5) is 37.9. The zero-order valence-corrected chi connectivity index (χ0v) is 12.6. The van der Waals surface area contributed by atoms with E-state index >= 15 is 0 Å². The number of amides is 2. The van der Waals surface area contributed by atoms with Gasteiger partial charge in [0.15, 0.2) is 0 Å². The van der Waals surface area contributed by atoms with E-state index in [-0.39, 0.29) is 23.7 Å². The molecule has 2 atom stereocenters. The van der Waals surface area contributed by atoms with E-state index in [0.29, 0.717) is 17.9 Å². The molecule has 0 N–H and O–H groups in total. The molecule has 0 aromatic heterocycles. The highest BCUT2D eigenvalue weighted by atomic mass is 16.5. The average Bonchev–Trinajstić information content (AvgIpc) is 2.80. The normalized spacial score (nSPS) is 24.3. The fraction of sp³-hybridized carbons (Fsp3) is 0.471. The fourth-order valence-electron chi connectivity index (χ4n) is 3.38. The smallest absolute Gasteiger partial charge is 0.338 e. The number of carbonyl (C=O) groups is 3. The van der Waals surface area contributed by atoms with Crippen LogP contribution in [0.4, 0.5) is 5.69 Å². The first-order valence-corrected chi connectivity index (χ1v) is 7.78. The second-order valence-corrected chi connectivity index (χ2v) is 5.78. The quantitative estimate of drug-likeness (QED) is 0.636. The second kappa shape index (κ2) is 5.91. The molecule has 2 fully saturated rings. The number of hydrogen-bond acceptors (Lipinski definition) is 4. The van der Waals surface area contributed by atoms with Crippen molar-refractivity contribution in [3.63, 3.8) is 0 Å². The number of carbonyl (C=O) groups excluding carboxylic acids is 3. The second-order valence-electron chi connectivity index (χ2n) is 5.78. The topological polar surface area (TPSA) is 63.7 Å². The summed E-state index contributed by atoms with van der Waals surface area (Å²) in [6, 6.07) is 6.46. The number of benzene rings is 1. The molecule has 0 spiro atoms. The Balaban J connectivity index is 1.83. The van der Waals surface area contributed by atoms with Gasteiger partial charge in [-0.05, 0) is 44.0 Å². The number of rotatable bonds is 3. The minimum absolute atomic E-state index is 0.0985. The highest BCUT2D eigenvalue weighted by Crippen LogP contribution is 2.40. The monoisotopic (exact) mass is 301 g/mol. The van der Waals surface area contributed by atoms with Crippen molar-refractivity contribution >= 4 is 23.5 Å². The molecule has 5 heteroatoms. The Kier molecular flexibility index (Phi) is 3.96. The van der Waals surface area contributed by atoms with Crippen molar-refractivity contribution in [1.29, 1.82) is 0 Å². The van der Waals surface area contributed by atoms with Gasteiger partial charge < -0.3 is 4.74 Å². The standard InChI is InChI=1S/C17H19NO4/c1-2-22-17(21)11-7-9-12(10-8-11)18-15(19)13-5-3-4-6-14(13)16(18)20/h7-10,13-14H,2-6H2,1H3/t13-,14-/m0/s1. The van der Waals surface area contributed by atoms with Gasteiger partial charge in [0, 0.05) is 0 Å². The molecule has 1 saturated carbocycles. The largest absolute Gasteiger partial charge is 0.462 e. The number of hydrogen-bond donors (Lipinski definition) is 0. The van der Waals surface area contributed by atoms with E-state index in [2.05, 4.69) is 0 Å². The van der Waals surface area contributed by atoms with E-state index in [1.54, 1.807) is 31.2 Å². The lowest BCUT2D eigenvalue weighted by Gasteiger charge is -2.19. The van der Waals surface area contributed by atoms with Gasteiger partial charge in [-0.15, -0.1) is 0 Å². The summed E-state index contributed by atoms with van der Waals surface area (Å²) in [6.07, 6.45) is 3.62. The summed E-state index contributed by atoms with van der Waals surface area (Å²) in [7, 11) is 0. The first-order chi connectivity index (χ1) is 10.6. The van der Waals surface area contributed by atoms with E-state index in [4.69, 9.17) is 4.74 Å². The van der Waals surface area contributed by atoms with Gasteiger partial charge in [-0.2, -0.15) is 0 Å². The number of fused-ring (bicyclic) bond motifs is 1. The number of nitrogens with zero attached hydrogens (tertiary/aromatic N) is 1. The number of esters is 1. The van der Waals surface area contributed by atoms with E-state index in [0.717, 1.165) is 25.7 Å². The van der Waals surface area contributed by atoms with Crippen molar-refractivity contribution in [2.45, 2.75) is 32.6 Å². The zero-order chi connectivity index (χ0) is 15.7. The first kappa shape index (κ1) is 14.8. The third kappa shape index (κ3) is 2.40. The van der Waals surface area contributed by atoms with E-state index < -0.39 is 5.97 Å². The Morgan fingerprint density at radius 1 is 1.09 bits per heavy atom. The summed E-state index contributed by atoms with van der Waals surface area (Å²) >= 11 is 0. The summed E-state index contributed by atoms with van der Waals surface area (Å²) in [5.74, 6) is -0.920. The maximum atomic E-state index is 12.5. The predicted molar refractivity (Wildman–Crippen MR) is 80.3 cm³/mol. The van der Waals surface area contributed by atoms with Crippen LogP contribution in [-0.2, 0) is 14.3 Å². The molecular formula is C17H19NO4. The van der Waals surface area contributed by atoms with Gasteiger partial charge in [-0.1, -0.05) is 12.8 Å². The van der Waals surface area contributed by atoms with Crippen LogP contribution in [0.15, 0.2) is 24.3 Å². The van der Waals surface area contributed by atoms with Crippen LogP contribution in [0.5, 0.6) is 0 Å². The summed E-state index contributed by atoms with van der Waals surface area (Å²) in [6.45, 7) is 2.06. The van der Waals surface area contributed by atoms with Crippen molar-refractivity contribution in [2.75, 3.05) is 11.5 Å². The van der Waals surface area contributed by atoms with Crippen LogP contribution in [0, 0.1) is 11.8 Å². The summed E-state index contributed by atoms with van der Waals surface area (Å²) < 4.78 is 4.93. The molecule has 1 saturated heterocycles. The Morgan fingerprint density at radius 2 is 1.64 bits per heavy atom. The third-order valence-electron chi connectivity index (χ3n) is 4.48. The highest BCUT2D eigenvalue weighted by Gasteiger charge is 2.48. The molecule has 1 aliphatic heterocycles. The van der Waals surface area contributed by atoms with E-state index in [1.165, 1.54) is 4.90 Å². The number of anilines is 1. The van der Waals surface area contributed by atoms with Crippen LogP contribution in [0.2, 0.25) is 0 Å². The maximum absolute atomic E-state index is 12.5. The van der Waals surface area contributed by atoms with Gasteiger partial charge in [0.2, 0.25) is 11.8 Å². The lowest BCUT2D eigenvalue weighted by molar-refractivity contribution is -0.122. The molecule has 2 aliphatic rings. The Labute approximate surface area is 129 Å². The van der Waals surface area contributed by atoms with Crippen LogP contribution >= 0.6 is 0 Å². The molecule has 5 nitrogen and oxygen atoms in total. The molecular weight excluding hydrogens is 282 g/mol. The molecule has 1 heterocycles. The maximum Gasteiger partial charge on any atom is 0.338 e. The predicted octanol–water partition coefficient (Wildman–Crippen LogP) is 2.54. The van der Waals surface area contributed by atoms with Crippen molar-refractivity contribution in [3.05, 3.63) is 29.8 Å². The highest BCUT2D eigenvalue weighted by molar-refractivity contribution is 6.22. The van der Waals surface area contributed by atoms with Gasteiger partial charge in [0.25, 0.3) is 0 Å². The molecule has 116 valence electrons.